The summed E-state index contributed by atoms with van der Waals surface area (Å²) in [4.78, 5) is 4.42. The topological polar surface area (TPSA) is 24.9 Å². The minimum absolute atomic E-state index is 0.714. The fourth-order valence-corrected chi connectivity index (χ4v) is 3.15. The summed E-state index contributed by atoms with van der Waals surface area (Å²) in [7, 11) is 0. The van der Waals surface area contributed by atoms with Crippen LogP contribution in [0.2, 0.25) is 0 Å². The predicted molar refractivity (Wildman–Crippen MR) is 87.5 cm³/mol. The molecule has 0 atom stereocenters. The van der Waals surface area contributed by atoms with Crippen LogP contribution in [0, 0.1) is 6.92 Å². The van der Waals surface area contributed by atoms with Crippen LogP contribution in [0.25, 0.3) is 0 Å². The Morgan fingerprint density at radius 3 is 2.74 bits per heavy atom. The van der Waals surface area contributed by atoms with E-state index in [1.807, 2.05) is 12.3 Å². The Labute approximate surface area is 130 Å². The number of nitrogens with zero attached hydrogens (tertiary/aromatic N) is 1. The van der Waals surface area contributed by atoms with E-state index in [9.17, 15) is 0 Å². The summed E-state index contributed by atoms with van der Waals surface area (Å²) in [6, 6.07) is 8.42. The number of aryl methyl sites for hydroxylation is 2. The summed E-state index contributed by atoms with van der Waals surface area (Å²) >= 11 is 6.96. The van der Waals surface area contributed by atoms with Crippen molar-refractivity contribution in [3.8, 4) is 0 Å². The number of hydrogen-bond donors (Lipinski definition) is 1. The molecule has 0 radical (unpaired) electrons. The fourth-order valence-electron chi connectivity index (χ4n) is 2.02. The lowest BCUT2D eigenvalue weighted by Gasteiger charge is -2.14. The third kappa shape index (κ3) is 3.57. The Morgan fingerprint density at radius 1 is 1.26 bits per heavy atom. The molecular formula is C15H16Br2N2. The molecule has 1 aromatic carbocycles. The summed E-state index contributed by atoms with van der Waals surface area (Å²) in [6.07, 6.45) is 2.85. The Bertz CT molecular complexity index is 582. The molecule has 2 nitrogen and oxygen atoms in total. The summed E-state index contributed by atoms with van der Waals surface area (Å²) in [5.41, 5.74) is 4.84. The molecule has 19 heavy (non-hydrogen) atoms. The van der Waals surface area contributed by atoms with E-state index in [2.05, 4.69) is 74.2 Å². The second kappa shape index (κ2) is 6.53. The van der Waals surface area contributed by atoms with Crippen molar-refractivity contribution >= 4 is 37.5 Å². The zero-order valence-corrected chi connectivity index (χ0v) is 14.2. The molecule has 0 amide bonds. The molecule has 0 aliphatic rings. The van der Waals surface area contributed by atoms with Crippen molar-refractivity contribution in [1.29, 1.82) is 0 Å². The highest BCUT2D eigenvalue weighted by molar-refractivity contribution is 9.11. The molecule has 0 unspecified atom stereocenters. The first-order chi connectivity index (χ1) is 9.11. The van der Waals surface area contributed by atoms with Gasteiger partial charge in [-0.2, -0.15) is 0 Å². The van der Waals surface area contributed by atoms with Gasteiger partial charge in [0.1, 0.15) is 0 Å². The first-order valence-electron chi connectivity index (χ1n) is 6.24. The van der Waals surface area contributed by atoms with E-state index >= 15 is 0 Å². The number of nitrogens with one attached hydrogen (secondary N) is 1. The summed E-state index contributed by atoms with van der Waals surface area (Å²) in [6.45, 7) is 5.02. The lowest BCUT2D eigenvalue weighted by Crippen LogP contribution is -2.06. The third-order valence-electron chi connectivity index (χ3n) is 3.06. The second-order valence-electron chi connectivity index (χ2n) is 4.40. The molecular weight excluding hydrogens is 368 g/mol. The van der Waals surface area contributed by atoms with Gasteiger partial charge in [0.05, 0.1) is 12.2 Å². The predicted octanol–water partition coefficient (Wildman–Crippen LogP) is 5.09. The summed E-state index contributed by atoms with van der Waals surface area (Å²) in [5.74, 6) is 0. The minimum Gasteiger partial charge on any atom is -0.379 e. The molecule has 0 bridgehead atoms. The SMILES string of the molecule is CCc1cccc(C)c1NCc1ncc(Br)cc1Br. The average molecular weight is 384 g/mol. The van der Waals surface area contributed by atoms with Crippen LogP contribution in [-0.4, -0.2) is 4.98 Å². The van der Waals surface area contributed by atoms with Gasteiger partial charge in [0.15, 0.2) is 0 Å². The Balaban J connectivity index is 2.19. The van der Waals surface area contributed by atoms with Gasteiger partial charge in [0.2, 0.25) is 0 Å². The van der Waals surface area contributed by atoms with Gasteiger partial charge in [-0.25, -0.2) is 0 Å². The van der Waals surface area contributed by atoms with E-state index in [1.54, 1.807) is 0 Å². The minimum atomic E-state index is 0.714. The van der Waals surface area contributed by atoms with Crippen LogP contribution in [0.15, 0.2) is 39.4 Å². The average Bonchev–Trinajstić information content (AvgIpc) is 2.39. The summed E-state index contributed by atoms with van der Waals surface area (Å²) < 4.78 is 1.99. The van der Waals surface area contributed by atoms with Crippen molar-refractivity contribution in [2.75, 3.05) is 5.32 Å². The molecule has 0 aliphatic heterocycles. The van der Waals surface area contributed by atoms with E-state index in [0.29, 0.717) is 6.54 Å². The molecule has 0 saturated carbocycles. The number of para-hydroxylation sites is 1. The van der Waals surface area contributed by atoms with Gasteiger partial charge in [-0.15, -0.1) is 0 Å². The van der Waals surface area contributed by atoms with Gasteiger partial charge >= 0.3 is 0 Å². The molecule has 1 N–H and O–H groups in total. The van der Waals surface area contributed by atoms with Crippen LogP contribution in [0.4, 0.5) is 5.69 Å². The second-order valence-corrected chi connectivity index (χ2v) is 6.17. The first kappa shape index (κ1) is 14.5. The van der Waals surface area contributed by atoms with Gasteiger partial charge in [-0.1, -0.05) is 25.1 Å². The lowest BCUT2D eigenvalue weighted by molar-refractivity contribution is 1.01. The highest BCUT2D eigenvalue weighted by atomic mass is 79.9. The monoisotopic (exact) mass is 382 g/mol. The van der Waals surface area contributed by atoms with Crippen molar-refractivity contribution in [2.24, 2.45) is 0 Å². The van der Waals surface area contributed by atoms with E-state index < -0.39 is 0 Å². The highest BCUT2D eigenvalue weighted by Gasteiger charge is 2.06. The number of benzene rings is 1. The quantitative estimate of drug-likeness (QED) is 0.795. The first-order valence-corrected chi connectivity index (χ1v) is 7.82. The number of anilines is 1. The van der Waals surface area contributed by atoms with Crippen molar-refractivity contribution in [3.05, 3.63) is 56.2 Å². The van der Waals surface area contributed by atoms with Crippen molar-refractivity contribution in [3.63, 3.8) is 0 Å². The normalized spacial score (nSPS) is 10.5. The molecule has 1 aromatic heterocycles. The maximum Gasteiger partial charge on any atom is 0.0737 e. The zero-order chi connectivity index (χ0) is 13.8. The molecule has 2 aromatic rings. The number of aromatic nitrogens is 1. The molecule has 0 spiro atoms. The number of halogens is 2. The standard InChI is InChI=1S/C15H16Br2N2/c1-3-11-6-4-5-10(2)15(11)19-9-14-13(17)7-12(16)8-18-14/h4-8,19H,3,9H2,1-2H3. The molecule has 0 aliphatic carbocycles. The largest absolute Gasteiger partial charge is 0.379 e. The van der Waals surface area contributed by atoms with Crippen LogP contribution in [0.1, 0.15) is 23.7 Å². The van der Waals surface area contributed by atoms with Crippen LogP contribution >= 0.6 is 31.9 Å². The number of hydrogen-bond acceptors (Lipinski definition) is 2. The number of pyridine rings is 1. The molecule has 100 valence electrons. The molecule has 2 rings (SSSR count). The molecule has 0 fully saturated rings. The van der Waals surface area contributed by atoms with E-state index in [4.69, 9.17) is 0 Å². The van der Waals surface area contributed by atoms with Gasteiger partial charge in [0.25, 0.3) is 0 Å². The molecule has 1 heterocycles. The van der Waals surface area contributed by atoms with E-state index in [-0.39, 0.29) is 0 Å². The summed E-state index contributed by atoms with van der Waals surface area (Å²) in [5, 5.41) is 3.50. The van der Waals surface area contributed by atoms with E-state index in [0.717, 1.165) is 21.1 Å². The Kier molecular flexibility index (Phi) is 4.99. The van der Waals surface area contributed by atoms with Crippen molar-refractivity contribution in [2.45, 2.75) is 26.8 Å². The molecule has 4 heteroatoms. The third-order valence-corrected chi connectivity index (χ3v) is 4.18. The Hall–Kier alpha value is -0.870. The lowest BCUT2D eigenvalue weighted by atomic mass is 10.1. The number of rotatable bonds is 4. The van der Waals surface area contributed by atoms with Crippen LogP contribution in [0.3, 0.4) is 0 Å². The highest BCUT2D eigenvalue weighted by Crippen LogP contribution is 2.24. The van der Waals surface area contributed by atoms with E-state index in [1.165, 1.54) is 16.8 Å². The van der Waals surface area contributed by atoms with Gasteiger partial charge in [-0.05, 0) is 62.4 Å². The van der Waals surface area contributed by atoms with Crippen LogP contribution < -0.4 is 5.32 Å². The van der Waals surface area contributed by atoms with Gasteiger partial charge in [-0.3, -0.25) is 4.98 Å². The molecule has 0 saturated heterocycles. The Morgan fingerprint density at radius 2 is 2.05 bits per heavy atom. The fraction of sp³-hybridized carbons (Fsp3) is 0.267. The maximum absolute atomic E-state index is 4.42. The van der Waals surface area contributed by atoms with Crippen LogP contribution in [0.5, 0.6) is 0 Å². The van der Waals surface area contributed by atoms with Crippen LogP contribution in [-0.2, 0) is 13.0 Å². The zero-order valence-electron chi connectivity index (χ0n) is 11.0. The maximum atomic E-state index is 4.42. The van der Waals surface area contributed by atoms with Crippen molar-refractivity contribution < 1.29 is 0 Å². The smallest absolute Gasteiger partial charge is 0.0737 e. The van der Waals surface area contributed by atoms with Gasteiger partial charge in [0, 0.05) is 20.8 Å². The van der Waals surface area contributed by atoms with Gasteiger partial charge < -0.3 is 5.32 Å². The van der Waals surface area contributed by atoms with Crippen molar-refractivity contribution in [1.82, 2.24) is 4.98 Å².